The highest BCUT2D eigenvalue weighted by Gasteiger charge is 2.49. The zero-order valence-corrected chi connectivity index (χ0v) is 11.9. The van der Waals surface area contributed by atoms with Gasteiger partial charge in [0.2, 0.25) is 0 Å². The molecule has 1 nitrogen and oxygen atoms in total. The maximum Gasteiger partial charge on any atom is 0.329 e. The van der Waals surface area contributed by atoms with E-state index >= 15 is 0 Å². The second-order valence-electron chi connectivity index (χ2n) is 5.21. The van der Waals surface area contributed by atoms with Gasteiger partial charge in [0.1, 0.15) is 5.60 Å². The second-order valence-corrected chi connectivity index (χ2v) is 6.21. The van der Waals surface area contributed by atoms with Crippen molar-refractivity contribution in [1.29, 1.82) is 0 Å². The fourth-order valence-corrected chi connectivity index (χ4v) is 2.88. The van der Waals surface area contributed by atoms with Gasteiger partial charge in [-0.2, -0.15) is 8.78 Å². The van der Waals surface area contributed by atoms with Gasteiger partial charge in [-0.25, -0.2) is 0 Å². The number of hydrogen-bond acceptors (Lipinski definition) is 1. The number of rotatable bonds is 1. The molecule has 1 aliphatic carbocycles. The molecule has 0 aromatic heterocycles. The minimum Gasteiger partial charge on any atom is -0.383 e. The van der Waals surface area contributed by atoms with E-state index in [9.17, 15) is 13.9 Å². The van der Waals surface area contributed by atoms with Crippen LogP contribution in [0.1, 0.15) is 70.6 Å². The molecule has 0 radical (unpaired) electrons. The zero-order chi connectivity index (χ0) is 12.8. The zero-order valence-electron chi connectivity index (χ0n) is 10.4. The van der Waals surface area contributed by atoms with Crippen LogP contribution in [0.5, 0.6) is 0 Å². The van der Waals surface area contributed by atoms with E-state index in [1.807, 2.05) is 0 Å². The molecule has 0 unspecified atom stereocenters. The lowest BCUT2D eigenvalue weighted by Gasteiger charge is -2.32. The summed E-state index contributed by atoms with van der Waals surface area (Å²) in [4.78, 5) is -3.16. The van der Waals surface area contributed by atoms with Crippen molar-refractivity contribution in [2.24, 2.45) is 0 Å². The Morgan fingerprint density at radius 2 is 1.06 bits per heavy atom. The number of hydrogen-bond donors (Lipinski definition) is 1. The summed E-state index contributed by atoms with van der Waals surface area (Å²) in [5.41, 5.74) is -1.85. The highest BCUT2D eigenvalue weighted by molar-refractivity contribution is 9.10. The number of aliphatic hydroxyl groups is 1. The molecule has 1 rings (SSSR count). The van der Waals surface area contributed by atoms with E-state index in [0.717, 1.165) is 25.7 Å². The highest BCUT2D eigenvalue weighted by Crippen LogP contribution is 2.42. The van der Waals surface area contributed by atoms with Crippen molar-refractivity contribution in [3.05, 3.63) is 0 Å². The molecular formula is C13H23BrF2O. The Hall–Kier alpha value is 0.300. The molecule has 4 heteroatoms. The Morgan fingerprint density at radius 3 is 1.35 bits per heavy atom. The maximum atomic E-state index is 13.4. The van der Waals surface area contributed by atoms with Gasteiger partial charge in [0.05, 0.1) is 0 Å². The Morgan fingerprint density at radius 1 is 0.765 bits per heavy atom. The third kappa shape index (κ3) is 5.21. The van der Waals surface area contributed by atoms with E-state index in [4.69, 9.17) is 0 Å². The summed E-state index contributed by atoms with van der Waals surface area (Å²) in [6.45, 7) is 0. The van der Waals surface area contributed by atoms with Crippen molar-refractivity contribution < 1.29 is 13.9 Å². The van der Waals surface area contributed by atoms with Gasteiger partial charge in [-0.15, -0.1) is 0 Å². The third-order valence-electron chi connectivity index (χ3n) is 3.71. The maximum absolute atomic E-state index is 13.4. The van der Waals surface area contributed by atoms with Crippen LogP contribution >= 0.6 is 15.9 Å². The Kier molecular flexibility index (Phi) is 6.35. The van der Waals surface area contributed by atoms with Gasteiger partial charge >= 0.3 is 4.83 Å². The van der Waals surface area contributed by atoms with E-state index in [1.165, 1.54) is 19.3 Å². The number of alkyl halides is 3. The SMILES string of the molecule is OC1(C(F)(F)Br)CCCCCCCCCCC1. The molecular weight excluding hydrogens is 290 g/mol. The molecule has 17 heavy (non-hydrogen) atoms. The van der Waals surface area contributed by atoms with Crippen molar-refractivity contribution in [3.8, 4) is 0 Å². The van der Waals surface area contributed by atoms with E-state index in [2.05, 4.69) is 15.9 Å². The van der Waals surface area contributed by atoms with Gasteiger partial charge < -0.3 is 5.11 Å². The molecule has 1 N–H and O–H groups in total. The standard InChI is InChI=1S/C13H23BrF2O/c14-13(15,16)12(17)10-8-6-4-2-1-3-5-7-9-11-12/h17H,1-11H2. The second kappa shape index (κ2) is 7.03. The minimum atomic E-state index is -3.16. The van der Waals surface area contributed by atoms with Gasteiger partial charge in [0.15, 0.2) is 0 Å². The third-order valence-corrected chi connectivity index (χ3v) is 4.45. The summed E-state index contributed by atoms with van der Waals surface area (Å²) in [5, 5.41) is 10.1. The fraction of sp³-hybridized carbons (Fsp3) is 1.00. The van der Waals surface area contributed by atoms with Crippen LogP contribution in [0.25, 0.3) is 0 Å². The van der Waals surface area contributed by atoms with Crippen LogP contribution in [0.2, 0.25) is 0 Å². The molecule has 0 aromatic rings. The lowest BCUT2D eigenvalue weighted by Crippen LogP contribution is -2.44. The molecule has 1 saturated carbocycles. The van der Waals surface area contributed by atoms with Crippen LogP contribution in [0.4, 0.5) is 8.78 Å². The average molecular weight is 313 g/mol. The molecule has 0 heterocycles. The van der Waals surface area contributed by atoms with E-state index < -0.39 is 10.4 Å². The summed E-state index contributed by atoms with van der Waals surface area (Å²) in [7, 11) is 0. The molecule has 1 aliphatic rings. The van der Waals surface area contributed by atoms with Crippen molar-refractivity contribution >= 4 is 15.9 Å². The monoisotopic (exact) mass is 312 g/mol. The molecule has 0 aliphatic heterocycles. The number of halogens is 3. The Labute approximate surface area is 111 Å². The first-order chi connectivity index (χ1) is 7.96. The summed E-state index contributed by atoms with van der Waals surface area (Å²) in [5.74, 6) is 0. The Balaban J connectivity index is 2.54. The lowest BCUT2D eigenvalue weighted by molar-refractivity contribution is -0.127. The van der Waals surface area contributed by atoms with E-state index in [-0.39, 0.29) is 12.8 Å². The largest absolute Gasteiger partial charge is 0.383 e. The van der Waals surface area contributed by atoms with Gasteiger partial charge in [0, 0.05) is 0 Å². The molecule has 0 aromatic carbocycles. The normalized spacial score (nSPS) is 24.7. The molecule has 0 bridgehead atoms. The fourth-order valence-electron chi connectivity index (χ4n) is 2.48. The van der Waals surface area contributed by atoms with Crippen molar-refractivity contribution in [2.75, 3.05) is 0 Å². The van der Waals surface area contributed by atoms with Crippen LogP contribution in [-0.4, -0.2) is 15.5 Å². The summed E-state index contributed by atoms with van der Waals surface area (Å²) >= 11 is 2.35. The van der Waals surface area contributed by atoms with Gasteiger partial charge in [-0.05, 0) is 28.8 Å². The van der Waals surface area contributed by atoms with Crippen LogP contribution in [-0.2, 0) is 0 Å². The van der Waals surface area contributed by atoms with E-state index in [1.54, 1.807) is 0 Å². The highest BCUT2D eigenvalue weighted by atomic mass is 79.9. The first-order valence-electron chi connectivity index (χ1n) is 6.75. The predicted molar refractivity (Wildman–Crippen MR) is 69.6 cm³/mol. The van der Waals surface area contributed by atoms with Crippen LogP contribution in [0, 0.1) is 0 Å². The molecule has 102 valence electrons. The lowest BCUT2D eigenvalue weighted by atomic mass is 9.89. The Bertz CT molecular complexity index is 204. The topological polar surface area (TPSA) is 20.2 Å². The molecule has 0 amide bonds. The quantitative estimate of drug-likeness (QED) is 0.675. The van der Waals surface area contributed by atoms with Crippen molar-refractivity contribution in [2.45, 2.75) is 81.1 Å². The minimum absolute atomic E-state index is 0.200. The van der Waals surface area contributed by atoms with Crippen LogP contribution < -0.4 is 0 Å². The van der Waals surface area contributed by atoms with Gasteiger partial charge in [-0.1, -0.05) is 57.8 Å². The molecule has 0 saturated heterocycles. The van der Waals surface area contributed by atoms with E-state index in [0.29, 0.717) is 12.8 Å². The van der Waals surface area contributed by atoms with Crippen LogP contribution in [0.3, 0.4) is 0 Å². The first kappa shape index (κ1) is 15.4. The van der Waals surface area contributed by atoms with Gasteiger partial charge in [-0.3, -0.25) is 0 Å². The first-order valence-corrected chi connectivity index (χ1v) is 7.54. The van der Waals surface area contributed by atoms with Crippen LogP contribution in [0.15, 0.2) is 0 Å². The average Bonchev–Trinajstić information content (AvgIpc) is 2.21. The summed E-state index contributed by atoms with van der Waals surface area (Å²) in [6, 6.07) is 0. The summed E-state index contributed by atoms with van der Waals surface area (Å²) < 4.78 is 26.8. The summed E-state index contributed by atoms with van der Waals surface area (Å²) in [6.07, 6.45) is 9.54. The van der Waals surface area contributed by atoms with Gasteiger partial charge in [0.25, 0.3) is 0 Å². The predicted octanol–water partition coefficient (Wildman–Crippen LogP) is 5.01. The molecule has 0 spiro atoms. The van der Waals surface area contributed by atoms with Crippen molar-refractivity contribution in [1.82, 2.24) is 0 Å². The van der Waals surface area contributed by atoms with Crippen molar-refractivity contribution in [3.63, 3.8) is 0 Å². The molecule has 1 fully saturated rings. The smallest absolute Gasteiger partial charge is 0.329 e. The molecule has 0 atom stereocenters.